The highest BCUT2D eigenvalue weighted by Gasteiger charge is 2.36. The van der Waals surface area contributed by atoms with Crippen molar-refractivity contribution in [3.63, 3.8) is 0 Å². The molecule has 90 heavy (non-hydrogen) atoms. The highest BCUT2D eigenvalue weighted by Crippen LogP contribution is 2.47. The number of Topliss-reactive ketones (excluding diaryl/α,β-unsaturated/α-hetero) is 1. The van der Waals surface area contributed by atoms with Crippen LogP contribution in [-0.4, -0.2) is 131 Å². The minimum atomic E-state index is -0.926. The van der Waals surface area contributed by atoms with Gasteiger partial charge in [-0.1, -0.05) is 118 Å². The van der Waals surface area contributed by atoms with E-state index in [1.54, 1.807) is 76.3 Å². The van der Waals surface area contributed by atoms with E-state index < -0.39 is 66.4 Å². The molecule has 0 fully saturated rings. The molecule has 3 heterocycles. The average Bonchev–Trinajstić information content (AvgIpc) is 0.838. The minimum Gasteiger partial charge on any atom is -0.505 e. The van der Waals surface area contributed by atoms with Crippen molar-refractivity contribution in [2.24, 2.45) is 47.0 Å². The van der Waals surface area contributed by atoms with Crippen LogP contribution in [0.2, 0.25) is 0 Å². The standard InChI is InChI=1S/C33H45N3O8.C32H44N2O7.C2H2BrClO/c1-8-12-36-27(37)17-43-25-16-24-30(39)23(28(25)36)13-18(2)14-26(42-7)29(38)21(5)15-22(6)31(44-33(34)41)19(3)10-9-11-20(4)32(40)35-24;1-8-9-13-23-24-14-18(2)15-27(40-7)28(36)21(5)16-22(6)30(41-32(33)39)19(3)11-10-12-20(4)31(38)34-25(29(24)37)17-26(23)35;3-1-2(4)5/h8-11,15-16,18-19,21,26,29,31,38-39H,1,12-14,17H2,2-7H3,(H2,34,41)(H,35,40);8,10-12,16-19,21,27-28,30,36H,1,9,13-15H2,2-7H3,(H2,33,39)(H,34,38);1H2/b10-9-,20-11+,22-15+;11-10-,20-12+,22-16+;/t18-,19+,21+,26+,29-,31-;18-,19+,21+,27+,28-,30-;/m11./s1. The number of rotatable bonds is 10. The molecule has 23 heteroatoms. The number of amides is 5. The second-order valence-electron chi connectivity index (χ2n) is 23.2. The number of hydrogen-bond acceptors (Lipinski definition) is 16. The topological polar surface area (TPSA) is 323 Å². The number of hydrogen-bond donors (Lipinski definition) is 7. The number of aromatic hydroxyl groups is 1. The Morgan fingerprint density at radius 2 is 1.24 bits per heavy atom. The molecule has 0 saturated heterocycles. The van der Waals surface area contributed by atoms with E-state index in [9.17, 15) is 53.7 Å². The molecule has 0 saturated carbocycles. The molecule has 1 aromatic rings. The van der Waals surface area contributed by atoms with Crippen molar-refractivity contribution < 1.29 is 77.4 Å². The third kappa shape index (κ3) is 22.6. The lowest BCUT2D eigenvalue weighted by molar-refractivity contribution is -0.121. The van der Waals surface area contributed by atoms with Crippen LogP contribution in [0.25, 0.3) is 0 Å². The summed E-state index contributed by atoms with van der Waals surface area (Å²) in [6, 6.07) is 1.51. The SMILES string of the molecule is C=CCCC1=C2C[C@@H](C)C[C@H](OC)[C@H](O)[C@@H](C)/C=C(\C)[C@H](OC(N)=O)[C@@H](C)/C=C\C=C(/C)C(=O)NC(=CC1=O)C2=O.C=CCN1C(=O)COc2cc3c(O)c(c21)C[C@@H](C)C[C@H](OC)[C@H](O)[C@@H](C)/C=C(\C)[C@H](OC(N)=O)[C@@H](C)/C=C\C=C(/C)C(=O)N3.O=C(Cl)CBr. The van der Waals surface area contributed by atoms with Gasteiger partial charge >= 0.3 is 12.2 Å². The second-order valence-corrected chi connectivity index (χ2v) is 24.2. The monoisotopic (exact) mass is 1340 g/mol. The van der Waals surface area contributed by atoms with Gasteiger partial charge in [0.05, 0.1) is 46.8 Å². The van der Waals surface area contributed by atoms with Crippen molar-refractivity contribution in [1.82, 2.24) is 5.32 Å². The van der Waals surface area contributed by atoms with Crippen LogP contribution in [0.5, 0.6) is 11.5 Å². The number of nitrogens with zero attached hydrogens (tertiary/aromatic N) is 1. The molecule has 0 radical (unpaired) electrons. The summed E-state index contributed by atoms with van der Waals surface area (Å²) >= 11 is 7.61. The van der Waals surface area contributed by atoms with Crippen LogP contribution >= 0.6 is 27.5 Å². The van der Waals surface area contributed by atoms with E-state index in [1.165, 1.54) is 31.3 Å². The zero-order valence-corrected chi connectivity index (χ0v) is 56.0. The van der Waals surface area contributed by atoms with Crippen LogP contribution in [0.1, 0.15) is 107 Å². The first-order valence-corrected chi connectivity index (χ1v) is 31.2. The molecular formula is C67H91BrClN5O16. The number of carbonyl (C=O) groups is 8. The number of carbonyl (C=O) groups excluding carboxylic acids is 8. The van der Waals surface area contributed by atoms with Gasteiger partial charge < -0.3 is 66.0 Å². The first-order chi connectivity index (χ1) is 42.3. The van der Waals surface area contributed by atoms with E-state index in [0.717, 1.165) is 0 Å². The number of aliphatic hydroxyl groups excluding tert-OH is 2. The Labute approximate surface area is 542 Å². The molecule has 5 amide bonds. The fourth-order valence-corrected chi connectivity index (χ4v) is 10.9. The van der Waals surface area contributed by atoms with Gasteiger partial charge in [0.15, 0.2) is 12.4 Å². The number of anilines is 2. The summed E-state index contributed by atoms with van der Waals surface area (Å²) in [7, 11) is 3.04. The maximum absolute atomic E-state index is 13.6. The highest BCUT2D eigenvalue weighted by atomic mass is 79.9. The smallest absolute Gasteiger partial charge is 0.405 e. The third-order valence-electron chi connectivity index (χ3n) is 15.7. The van der Waals surface area contributed by atoms with E-state index in [-0.39, 0.29) is 101 Å². The molecule has 21 nitrogen and oxygen atoms in total. The number of ether oxygens (including phenoxy) is 5. The summed E-state index contributed by atoms with van der Waals surface area (Å²) in [6.07, 6.45) is 14.2. The number of phenols is 1. The van der Waals surface area contributed by atoms with Gasteiger partial charge in [-0.2, -0.15) is 0 Å². The van der Waals surface area contributed by atoms with E-state index >= 15 is 0 Å². The molecule has 5 rings (SSSR count). The molecule has 0 spiro atoms. The Balaban J connectivity index is 0.000000438. The molecule has 9 N–H and O–H groups in total. The molecule has 0 aromatic heterocycles. The van der Waals surface area contributed by atoms with Gasteiger partial charge in [-0.15, -0.1) is 13.2 Å². The molecule has 4 bridgehead atoms. The fourth-order valence-electron chi connectivity index (χ4n) is 10.9. The molecular weight excluding hydrogens is 1250 g/mol. The normalized spacial score (nSPS) is 29.8. The number of phenolic OH excluding ortho intramolecular Hbond substituents is 1. The summed E-state index contributed by atoms with van der Waals surface area (Å²) in [5.41, 5.74) is 14.5. The largest absolute Gasteiger partial charge is 0.505 e. The van der Waals surface area contributed by atoms with Gasteiger partial charge in [0.2, 0.25) is 11.0 Å². The van der Waals surface area contributed by atoms with Gasteiger partial charge in [-0.05, 0) is 101 Å². The number of ketones is 2. The lowest BCUT2D eigenvalue weighted by atomic mass is 9.82. The molecule has 12 atom stereocenters. The average molecular weight is 1340 g/mol. The van der Waals surface area contributed by atoms with Gasteiger partial charge in [-0.25, -0.2) is 9.59 Å². The van der Waals surface area contributed by atoms with E-state index in [4.69, 9.17) is 46.8 Å². The van der Waals surface area contributed by atoms with Crippen molar-refractivity contribution in [1.29, 1.82) is 0 Å². The predicted molar refractivity (Wildman–Crippen MR) is 350 cm³/mol. The Kier molecular flexibility index (Phi) is 31.8. The molecule has 0 unspecified atom stereocenters. The van der Waals surface area contributed by atoms with E-state index in [0.29, 0.717) is 76.1 Å². The molecule has 494 valence electrons. The number of aliphatic hydroxyl groups is 2. The summed E-state index contributed by atoms with van der Waals surface area (Å²) in [4.78, 5) is 100. The molecule has 1 aliphatic carbocycles. The first-order valence-electron chi connectivity index (χ1n) is 29.7. The van der Waals surface area contributed by atoms with Gasteiger partial charge in [0, 0.05) is 84.4 Å². The number of primary amides is 2. The number of halogens is 2. The van der Waals surface area contributed by atoms with Crippen molar-refractivity contribution >= 4 is 85.6 Å². The Morgan fingerprint density at radius 3 is 1.69 bits per heavy atom. The van der Waals surface area contributed by atoms with Crippen LogP contribution in [0.3, 0.4) is 0 Å². The third-order valence-corrected chi connectivity index (χ3v) is 16.6. The summed E-state index contributed by atoms with van der Waals surface area (Å²) in [6.45, 7) is 25.6. The van der Waals surface area contributed by atoms with Crippen LogP contribution in [-0.2, 0) is 54.1 Å². The number of fused-ring (bicyclic) bond motifs is 6. The quantitative estimate of drug-likeness (QED) is 0.0377. The highest BCUT2D eigenvalue weighted by molar-refractivity contribution is 9.09. The summed E-state index contributed by atoms with van der Waals surface area (Å²) in [5.74, 6) is -3.51. The van der Waals surface area contributed by atoms with Crippen molar-refractivity contribution in [2.75, 3.05) is 42.9 Å². The number of nitrogens with two attached hydrogens (primary N) is 2. The first kappa shape index (κ1) is 77.0. The van der Waals surface area contributed by atoms with Crippen LogP contribution in [0, 0.1) is 35.5 Å². The van der Waals surface area contributed by atoms with Gasteiger partial charge in [0.1, 0.15) is 23.7 Å². The van der Waals surface area contributed by atoms with E-state index in [2.05, 4.69) is 39.7 Å². The fraction of sp³-hybridized carbons (Fsp3) is 0.493. The maximum Gasteiger partial charge on any atom is 0.405 e. The van der Waals surface area contributed by atoms with Gasteiger partial charge in [-0.3, -0.25) is 28.8 Å². The molecule has 3 aliphatic heterocycles. The Morgan fingerprint density at radius 1 is 0.767 bits per heavy atom. The second kappa shape index (κ2) is 37.2. The maximum atomic E-state index is 13.6. The molecule has 1 aromatic carbocycles. The zero-order chi connectivity index (χ0) is 67.9. The lowest BCUT2D eigenvalue weighted by Crippen LogP contribution is -2.40. The van der Waals surface area contributed by atoms with Crippen LogP contribution in [0.15, 0.2) is 125 Å². The number of alkyl halides is 1. The number of methoxy groups -OCH3 is 2. The summed E-state index contributed by atoms with van der Waals surface area (Å²) in [5, 5.41) is 39.3. The van der Waals surface area contributed by atoms with Gasteiger partial charge in [0.25, 0.3) is 17.7 Å². The van der Waals surface area contributed by atoms with E-state index in [1.807, 2.05) is 53.7 Å². The number of nitrogens with one attached hydrogen (secondary N) is 2. The zero-order valence-electron chi connectivity index (χ0n) is 53.6. The Hall–Kier alpha value is -7.21. The lowest BCUT2D eigenvalue weighted by Gasteiger charge is -2.33. The number of allylic oxidation sites excluding steroid dienone is 8. The Bertz CT molecular complexity index is 3070. The van der Waals surface area contributed by atoms with Crippen LogP contribution < -0.4 is 31.7 Å². The predicted octanol–water partition coefficient (Wildman–Crippen LogP) is 9.92. The van der Waals surface area contributed by atoms with Crippen molar-refractivity contribution in [2.45, 2.75) is 144 Å². The van der Waals surface area contributed by atoms with Crippen molar-refractivity contribution in [3.8, 4) is 11.5 Å². The van der Waals surface area contributed by atoms with Crippen molar-refractivity contribution in [3.05, 3.63) is 131 Å². The van der Waals surface area contributed by atoms with Crippen LogP contribution in [0.4, 0.5) is 21.0 Å². The minimum absolute atomic E-state index is 0.0701. The molecule has 4 aliphatic rings. The summed E-state index contributed by atoms with van der Waals surface area (Å²) < 4.78 is 28.0. The number of benzene rings is 1.